The van der Waals surface area contributed by atoms with E-state index in [2.05, 4.69) is 0 Å². The van der Waals surface area contributed by atoms with E-state index in [1.807, 2.05) is 19.1 Å². The molecule has 6 N–H and O–H groups in total. The summed E-state index contributed by atoms with van der Waals surface area (Å²) in [5, 5.41) is 40.2. The summed E-state index contributed by atoms with van der Waals surface area (Å²) in [6.07, 6.45) is 1.94. The number of aliphatic hydroxyl groups excluding tert-OH is 3. The molecule has 0 saturated carbocycles. The van der Waals surface area contributed by atoms with Crippen LogP contribution >= 0.6 is 0 Å². The molecule has 0 fully saturated rings. The van der Waals surface area contributed by atoms with Gasteiger partial charge in [-0.3, -0.25) is 0 Å². The van der Waals surface area contributed by atoms with Crippen molar-refractivity contribution in [1.29, 1.82) is 0 Å². The van der Waals surface area contributed by atoms with Crippen molar-refractivity contribution in [2.75, 3.05) is 19.8 Å². The molecule has 1 rings (SSSR count). The number of hydrogen-bond acceptors (Lipinski definition) is 5. The van der Waals surface area contributed by atoms with E-state index in [0.717, 1.165) is 18.4 Å². The first-order valence-corrected chi connectivity index (χ1v) is 7.38. The second-order valence-corrected chi connectivity index (χ2v) is 5.62. The monoisotopic (exact) mass is 297 g/mol. The predicted octanol–water partition coefficient (Wildman–Crippen LogP) is 0.486. The van der Waals surface area contributed by atoms with Crippen LogP contribution in [0.15, 0.2) is 24.3 Å². The Morgan fingerprint density at radius 2 is 1.52 bits per heavy atom. The quantitative estimate of drug-likeness (QED) is 0.456. The average Bonchev–Trinajstić information content (AvgIpc) is 2.55. The van der Waals surface area contributed by atoms with Gasteiger partial charge in [-0.15, -0.1) is 0 Å². The molecule has 0 aromatic heterocycles. The van der Waals surface area contributed by atoms with Gasteiger partial charge in [-0.2, -0.15) is 0 Å². The minimum atomic E-state index is -1.49. The van der Waals surface area contributed by atoms with E-state index in [0.29, 0.717) is 18.5 Å². The number of aliphatic hydroxyl groups is 4. The van der Waals surface area contributed by atoms with E-state index in [-0.39, 0.29) is 0 Å². The van der Waals surface area contributed by atoms with Crippen molar-refractivity contribution >= 4 is 0 Å². The predicted molar refractivity (Wildman–Crippen MR) is 81.4 cm³/mol. The molecule has 0 bridgehead atoms. The molecule has 1 aromatic rings. The second kappa shape index (κ2) is 7.87. The van der Waals surface area contributed by atoms with E-state index < -0.39 is 30.8 Å². The molecule has 1 atom stereocenters. The molecule has 0 aliphatic heterocycles. The summed E-state index contributed by atoms with van der Waals surface area (Å²) < 4.78 is 0. The van der Waals surface area contributed by atoms with Crippen LogP contribution in [0, 0.1) is 5.41 Å². The van der Waals surface area contributed by atoms with E-state index in [4.69, 9.17) is 5.73 Å². The first kappa shape index (κ1) is 18.1. The van der Waals surface area contributed by atoms with Crippen molar-refractivity contribution in [1.82, 2.24) is 0 Å². The lowest BCUT2D eigenvalue weighted by Gasteiger charge is -2.45. The van der Waals surface area contributed by atoms with Crippen molar-refractivity contribution in [3.63, 3.8) is 0 Å². The fourth-order valence-electron chi connectivity index (χ4n) is 2.61. The largest absolute Gasteiger partial charge is 0.395 e. The first-order valence-electron chi connectivity index (χ1n) is 7.38. The van der Waals surface area contributed by atoms with Crippen LogP contribution in [0.25, 0.3) is 0 Å². The fourth-order valence-corrected chi connectivity index (χ4v) is 2.61. The van der Waals surface area contributed by atoms with E-state index in [9.17, 15) is 20.4 Å². The van der Waals surface area contributed by atoms with Gasteiger partial charge in [0.1, 0.15) is 5.60 Å². The highest BCUT2D eigenvalue weighted by Gasteiger charge is 2.50. The zero-order valence-corrected chi connectivity index (χ0v) is 12.6. The number of benzene rings is 1. The molecule has 120 valence electrons. The molecular weight excluding hydrogens is 270 g/mol. The third-order valence-corrected chi connectivity index (χ3v) is 4.34. The van der Waals surface area contributed by atoms with Crippen LogP contribution in [-0.2, 0) is 12.1 Å². The van der Waals surface area contributed by atoms with Gasteiger partial charge in [-0.25, -0.2) is 0 Å². The lowest BCUT2D eigenvalue weighted by Crippen LogP contribution is -2.53. The molecule has 21 heavy (non-hydrogen) atoms. The Balaban J connectivity index is 3.29. The molecule has 0 saturated heterocycles. The Hall–Kier alpha value is -0.980. The lowest BCUT2D eigenvalue weighted by molar-refractivity contribution is -0.164. The molecule has 5 nitrogen and oxygen atoms in total. The van der Waals surface area contributed by atoms with Crippen LogP contribution in [0.2, 0.25) is 0 Å². The molecule has 0 spiro atoms. The highest BCUT2D eigenvalue weighted by Crippen LogP contribution is 2.43. The summed E-state index contributed by atoms with van der Waals surface area (Å²) in [4.78, 5) is 0. The maximum atomic E-state index is 11.2. The molecule has 0 aliphatic carbocycles. The summed E-state index contributed by atoms with van der Waals surface area (Å²) in [5.74, 6) is 0. The molecular formula is C16H27NO4. The van der Waals surface area contributed by atoms with Crippen LogP contribution in [-0.4, -0.2) is 40.2 Å². The van der Waals surface area contributed by atoms with Crippen molar-refractivity contribution in [2.45, 2.75) is 38.3 Å². The van der Waals surface area contributed by atoms with Gasteiger partial charge in [0.15, 0.2) is 0 Å². The van der Waals surface area contributed by atoms with Gasteiger partial charge in [0.2, 0.25) is 0 Å². The van der Waals surface area contributed by atoms with E-state index >= 15 is 0 Å². The van der Waals surface area contributed by atoms with Crippen LogP contribution in [0.4, 0.5) is 0 Å². The van der Waals surface area contributed by atoms with E-state index in [1.165, 1.54) is 0 Å². The van der Waals surface area contributed by atoms with Gasteiger partial charge < -0.3 is 26.2 Å². The average molecular weight is 297 g/mol. The topological polar surface area (TPSA) is 107 Å². The summed E-state index contributed by atoms with van der Waals surface area (Å²) in [5.41, 5.74) is 4.20. The Bertz CT molecular complexity index is 409. The van der Waals surface area contributed by atoms with Crippen molar-refractivity contribution in [3.05, 3.63) is 35.4 Å². The van der Waals surface area contributed by atoms with E-state index in [1.54, 1.807) is 12.1 Å². The van der Waals surface area contributed by atoms with Crippen molar-refractivity contribution < 1.29 is 20.4 Å². The van der Waals surface area contributed by atoms with Gasteiger partial charge in [0.05, 0.1) is 25.2 Å². The Kier molecular flexibility index (Phi) is 6.77. The van der Waals surface area contributed by atoms with Gasteiger partial charge in [0, 0.05) is 6.54 Å². The Morgan fingerprint density at radius 1 is 1.00 bits per heavy atom. The number of rotatable bonds is 9. The van der Waals surface area contributed by atoms with Crippen LogP contribution in [0.5, 0.6) is 0 Å². The molecule has 0 heterocycles. The summed E-state index contributed by atoms with van der Waals surface area (Å²) >= 11 is 0. The highest BCUT2D eigenvalue weighted by atomic mass is 16.3. The van der Waals surface area contributed by atoms with Gasteiger partial charge >= 0.3 is 0 Å². The van der Waals surface area contributed by atoms with Crippen LogP contribution in [0.3, 0.4) is 0 Å². The molecule has 1 unspecified atom stereocenters. The minimum Gasteiger partial charge on any atom is -0.395 e. The number of nitrogens with two attached hydrogens (primary N) is 1. The van der Waals surface area contributed by atoms with Crippen molar-refractivity contribution in [2.24, 2.45) is 11.1 Å². The first-order chi connectivity index (χ1) is 10.0. The summed E-state index contributed by atoms with van der Waals surface area (Å²) in [7, 11) is 0. The third-order valence-electron chi connectivity index (χ3n) is 4.34. The normalized spacial score (nSPS) is 15.0. The highest BCUT2D eigenvalue weighted by molar-refractivity contribution is 5.29. The zero-order valence-electron chi connectivity index (χ0n) is 12.6. The number of hydrogen-bond donors (Lipinski definition) is 5. The number of unbranched alkanes of at least 4 members (excludes halogenated alkanes) is 1. The maximum Gasteiger partial charge on any atom is 0.102 e. The zero-order chi connectivity index (χ0) is 15.9. The molecule has 0 radical (unpaired) electrons. The van der Waals surface area contributed by atoms with Gasteiger partial charge in [-0.1, -0.05) is 44.0 Å². The van der Waals surface area contributed by atoms with Gasteiger partial charge in [0.25, 0.3) is 0 Å². The molecule has 5 heteroatoms. The Morgan fingerprint density at radius 3 is 1.90 bits per heavy atom. The standard InChI is InChI=1S/C16H27NO4/c1-2-3-8-16(21,15(10-18,11-19)12-20)14-6-4-13(9-17)5-7-14/h4-7,18-21H,2-3,8-12,17H2,1H3. The SMILES string of the molecule is CCCCC(O)(c1ccc(CN)cc1)C(CO)(CO)CO. The summed E-state index contributed by atoms with van der Waals surface area (Å²) in [6, 6.07) is 7.10. The molecule has 0 amide bonds. The fraction of sp³-hybridized carbons (Fsp3) is 0.625. The maximum absolute atomic E-state index is 11.2. The smallest absolute Gasteiger partial charge is 0.102 e. The van der Waals surface area contributed by atoms with Crippen LogP contribution < -0.4 is 5.73 Å². The molecule has 1 aromatic carbocycles. The minimum absolute atomic E-state index is 0.354. The Labute approximate surface area is 126 Å². The second-order valence-electron chi connectivity index (χ2n) is 5.62. The lowest BCUT2D eigenvalue weighted by atomic mass is 9.67. The summed E-state index contributed by atoms with van der Waals surface area (Å²) in [6.45, 7) is 0.895. The van der Waals surface area contributed by atoms with Crippen molar-refractivity contribution in [3.8, 4) is 0 Å². The van der Waals surface area contributed by atoms with Crippen LogP contribution in [0.1, 0.15) is 37.3 Å². The van der Waals surface area contributed by atoms with Gasteiger partial charge in [-0.05, 0) is 17.5 Å². The third kappa shape index (κ3) is 3.44. The molecule has 0 aliphatic rings.